The summed E-state index contributed by atoms with van der Waals surface area (Å²) in [5.74, 6) is 0.206. The maximum Gasteiger partial charge on any atom is 0.278 e. The molecule has 0 atom stereocenters. The summed E-state index contributed by atoms with van der Waals surface area (Å²) in [5, 5.41) is 16.5. The van der Waals surface area contributed by atoms with Crippen LogP contribution in [-0.4, -0.2) is 20.9 Å². The van der Waals surface area contributed by atoms with E-state index in [1.165, 1.54) is 0 Å². The van der Waals surface area contributed by atoms with E-state index in [0.29, 0.717) is 16.4 Å². The summed E-state index contributed by atoms with van der Waals surface area (Å²) < 4.78 is 0. The molecule has 6 nitrogen and oxygen atoms in total. The zero-order valence-corrected chi connectivity index (χ0v) is 10.1. The van der Waals surface area contributed by atoms with Gasteiger partial charge in [-0.1, -0.05) is 30.0 Å². The Morgan fingerprint density at radius 3 is 2.83 bits per heavy atom. The molecule has 0 aliphatic rings. The number of nitrogens with one attached hydrogen (secondary N) is 1. The molecule has 1 aromatic carbocycles. The zero-order chi connectivity index (χ0) is 13.0. The summed E-state index contributed by atoms with van der Waals surface area (Å²) in [6, 6.07) is 8.88. The van der Waals surface area contributed by atoms with Crippen molar-refractivity contribution in [1.29, 1.82) is 5.26 Å². The smallest absolute Gasteiger partial charge is 0.278 e. The largest absolute Gasteiger partial charge is 0.398 e. The van der Waals surface area contributed by atoms with Gasteiger partial charge in [-0.3, -0.25) is 9.78 Å². The summed E-state index contributed by atoms with van der Waals surface area (Å²) >= 11 is 1.12. The van der Waals surface area contributed by atoms with Crippen molar-refractivity contribution in [2.75, 3.05) is 11.5 Å². The molecule has 0 amide bonds. The first-order valence-corrected chi connectivity index (χ1v) is 6.02. The predicted octanol–water partition coefficient (Wildman–Crippen LogP) is 1.03. The van der Waals surface area contributed by atoms with Crippen LogP contribution in [0.25, 0.3) is 11.3 Å². The highest BCUT2D eigenvalue weighted by Crippen LogP contribution is 2.20. The van der Waals surface area contributed by atoms with Crippen LogP contribution >= 0.6 is 11.8 Å². The Kier molecular flexibility index (Phi) is 3.60. The molecule has 7 heteroatoms. The molecule has 0 fully saturated rings. The van der Waals surface area contributed by atoms with Crippen molar-refractivity contribution in [3.05, 3.63) is 34.6 Å². The lowest BCUT2D eigenvalue weighted by Crippen LogP contribution is -2.14. The number of nitrogen functional groups attached to an aromatic ring is 1. The van der Waals surface area contributed by atoms with Crippen LogP contribution in [0.1, 0.15) is 0 Å². The first-order valence-electron chi connectivity index (χ1n) is 5.04. The van der Waals surface area contributed by atoms with Crippen molar-refractivity contribution in [2.24, 2.45) is 0 Å². The SMILES string of the molecule is N#CCSc1nnc(-c2ccccc2N)c(=O)[nH]1. The molecule has 90 valence electrons. The van der Waals surface area contributed by atoms with Gasteiger partial charge >= 0.3 is 0 Å². The molecule has 0 bridgehead atoms. The monoisotopic (exact) mass is 259 g/mol. The van der Waals surface area contributed by atoms with E-state index in [1.54, 1.807) is 24.3 Å². The third-order valence-electron chi connectivity index (χ3n) is 2.17. The number of anilines is 1. The highest BCUT2D eigenvalue weighted by atomic mass is 32.2. The van der Waals surface area contributed by atoms with Crippen LogP contribution in [0, 0.1) is 11.3 Å². The van der Waals surface area contributed by atoms with Crippen molar-refractivity contribution >= 4 is 17.4 Å². The lowest BCUT2D eigenvalue weighted by Gasteiger charge is -2.03. The molecule has 3 N–H and O–H groups in total. The van der Waals surface area contributed by atoms with Gasteiger partial charge in [-0.15, -0.1) is 10.2 Å². The van der Waals surface area contributed by atoms with Crippen LogP contribution in [0.2, 0.25) is 0 Å². The number of hydrogen-bond donors (Lipinski definition) is 2. The Balaban J connectivity index is 2.40. The third kappa shape index (κ3) is 2.49. The molecule has 0 aliphatic carbocycles. The van der Waals surface area contributed by atoms with Gasteiger partial charge in [-0.25, -0.2) is 0 Å². The van der Waals surface area contributed by atoms with E-state index in [9.17, 15) is 4.79 Å². The fraction of sp³-hybridized carbons (Fsp3) is 0.0909. The van der Waals surface area contributed by atoms with Gasteiger partial charge in [-0.05, 0) is 6.07 Å². The van der Waals surface area contributed by atoms with E-state index in [1.807, 2.05) is 6.07 Å². The molecule has 0 saturated carbocycles. The van der Waals surface area contributed by atoms with E-state index in [0.717, 1.165) is 11.8 Å². The minimum Gasteiger partial charge on any atom is -0.398 e. The number of H-pyrrole nitrogens is 1. The van der Waals surface area contributed by atoms with E-state index in [-0.39, 0.29) is 17.0 Å². The Labute approximate surface area is 107 Å². The highest BCUT2D eigenvalue weighted by Gasteiger charge is 2.10. The molecule has 2 rings (SSSR count). The van der Waals surface area contributed by atoms with Gasteiger partial charge in [0.2, 0.25) is 0 Å². The van der Waals surface area contributed by atoms with Gasteiger partial charge in [0.15, 0.2) is 10.9 Å². The topological polar surface area (TPSA) is 108 Å². The van der Waals surface area contributed by atoms with Gasteiger partial charge in [0.1, 0.15) is 0 Å². The third-order valence-corrected chi connectivity index (χ3v) is 2.90. The second-order valence-electron chi connectivity index (χ2n) is 3.34. The quantitative estimate of drug-likeness (QED) is 0.629. The number of nitriles is 1. The molecule has 0 radical (unpaired) electrons. The van der Waals surface area contributed by atoms with Gasteiger partial charge in [0.05, 0.1) is 11.8 Å². The number of thioether (sulfide) groups is 1. The number of benzene rings is 1. The molecule has 1 heterocycles. The first kappa shape index (κ1) is 12.1. The summed E-state index contributed by atoms with van der Waals surface area (Å²) in [7, 11) is 0. The second kappa shape index (κ2) is 5.33. The summed E-state index contributed by atoms with van der Waals surface area (Å²) in [6.45, 7) is 0. The van der Waals surface area contributed by atoms with Crippen LogP contribution in [-0.2, 0) is 0 Å². The van der Waals surface area contributed by atoms with E-state index in [4.69, 9.17) is 11.0 Å². The number of aromatic amines is 1. The number of nitrogens with two attached hydrogens (primary N) is 1. The lowest BCUT2D eigenvalue weighted by atomic mass is 10.1. The molecule has 1 aromatic heterocycles. The maximum absolute atomic E-state index is 11.8. The summed E-state index contributed by atoms with van der Waals surface area (Å²) in [6.07, 6.45) is 0. The number of aromatic nitrogens is 3. The molecule has 0 unspecified atom stereocenters. The van der Waals surface area contributed by atoms with Crippen molar-refractivity contribution < 1.29 is 0 Å². The molecule has 2 aromatic rings. The minimum absolute atomic E-state index is 0.175. The van der Waals surface area contributed by atoms with Gasteiger partial charge < -0.3 is 5.73 Å². The Bertz CT molecular complexity index is 661. The highest BCUT2D eigenvalue weighted by molar-refractivity contribution is 7.99. The van der Waals surface area contributed by atoms with E-state index >= 15 is 0 Å². The molecular formula is C11H9N5OS. The Hall–Kier alpha value is -2.33. The summed E-state index contributed by atoms with van der Waals surface area (Å²) in [5.41, 5.74) is 6.59. The standard InChI is InChI=1S/C11H9N5OS/c12-5-6-18-11-14-10(17)9(15-16-11)7-3-1-2-4-8(7)13/h1-4H,6,13H2,(H,14,16,17). The van der Waals surface area contributed by atoms with Gasteiger partial charge in [0, 0.05) is 11.3 Å². The van der Waals surface area contributed by atoms with Crippen molar-refractivity contribution in [3.63, 3.8) is 0 Å². The fourth-order valence-corrected chi connectivity index (χ4v) is 1.84. The molecule has 18 heavy (non-hydrogen) atoms. The summed E-state index contributed by atoms with van der Waals surface area (Å²) in [4.78, 5) is 14.4. The van der Waals surface area contributed by atoms with Crippen LogP contribution in [0.4, 0.5) is 5.69 Å². The van der Waals surface area contributed by atoms with E-state index < -0.39 is 0 Å². The number of para-hydroxylation sites is 1. The normalized spacial score (nSPS) is 9.94. The maximum atomic E-state index is 11.8. The van der Waals surface area contributed by atoms with E-state index in [2.05, 4.69) is 15.2 Å². The van der Waals surface area contributed by atoms with Crippen molar-refractivity contribution in [1.82, 2.24) is 15.2 Å². The molecule has 0 spiro atoms. The molecule has 0 aliphatic heterocycles. The van der Waals surface area contributed by atoms with Crippen LogP contribution in [0.5, 0.6) is 0 Å². The molecular weight excluding hydrogens is 250 g/mol. The number of rotatable bonds is 3. The average Bonchev–Trinajstić information content (AvgIpc) is 2.38. The van der Waals surface area contributed by atoms with Crippen LogP contribution in [0.15, 0.2) is 34.2 Å². The number of nitrogens with zero attached hydrogens (tertiary/aromatic N) is 3. The molecule has 0 saturated heterocycles. The zero-order valence-electron chi connectivity index (χ0n) is 9.25. The predicted molar refractivity (Wildman–Crippen MR) is 68.8 cm³/mol. The van der Waals surface area contributed by atoms with Crippen molar-refractivity contribution in [3.8, 4) is 17.3 Å². The number of hydrogen-bond acceptors (Lipinski definition) is 6. The minimum atomic E-state index is -0.372. The van der Waals surface area contributed by atoms with Gasteiger partial charge in [-0.2, -0.15) is 5.26 Å². The Morgan fingerprint density at radius 2 is 2.17 bits per heavy atom. The fourth-order valence-electron chi connectivity index (χ4n) is 1.38. The lowest BCUT2D eigenvalue weighted by molar-refractivity contribution is 0.825. The van der Waals surface area contributed by atoms with Crippen LogP contribution in [0.3, 0.4) is 0 Å². The first-order chi connectivity index (χ1) is 8.72. The van der Waals surface area contributed by atoms with Crippen LogP contribution < -0.4 is 11.3 Å². The second-order valence-corrected chi connectivity index (χ2v) is 4.31. The van der Waals surface area contributed by atoms with Gasteiger partial charge in [0.25, 0.3) is 5.56 Å². The Morgan fingerprint density at radius 1 is 1.39 bits per heavy atom. The average molecular weight is 259 g/mol. The van der Waals surface area contributed by atoms with Crippen molar-refractivity contribution in [2.45, 2.75) is 5.16 Å².